The van der Waals surface area contributed by atoms with Gasteiger partial charge in [0.05, 0.1) is 38.3 Å². The van der Waals surface area contributed by atoms with Crippen LogP contribution in [0.3, 0.4) is 0 Å². The predicted molar refractivity (Wildman–Crippen MR) is 172 cm³/mol. The zero-order valence-electron chi connectivity index (χ0n) is 26.2. The highest BCUT2D eigenvalue weighted by Gasteiger charge is 2.64. The highest BCUT2D eigenvalue weighted by Crippen LogP contribution is 2.56. The van der Waals surface area contributed by atoms with E-state index < -0.39 is 45.8 Å². The Hall–Kier alpha value is -5.30. The Morgan fingerprint density at radius 3 is 2.34 bits per heavy atom. The number of pyridine rings is 1. The standard InChI is InChI=1S/C33H29ClN4O9/c1-13-9-18-22(27(39)33(13)28(40)23-19(45-5)12-20(46-6)25(34)26(23)47-33)21(24-29(35-18)37(2)32(43)38(3)31(24)42)16-10-14-7-8-15(44-4)11-17(14)36-30(16)41/h7-8,10-13,21,35H,9H2,1-6H3,(H,36,41). The third kappa shape index (κ3) is 3.92. The normalized spacial score (nSPS) is 21.3. The lowest BCUT2D eigenvalue weighted by atomic mass is 9.66. The fraction of sp³-hybridized carbons (Fsp3) is 0.303. The van der Waals surface area contributed by atoms with E-state index >= 15 is 4.79 Å². The molecule has 0 saturated carbocycles. The van der Waals surface area contributed by atoms with Crippen molar-refractivity contribution in [3.05, 3.63) is 94.5 Å². The summed E-state index contributed by atoms with van der Waals surface area (Å²) in [5.74, 6) is -2.59. The van der Waals surface area contributed by atoms with Gasteiger partial charge >= 0.3 is 5.69 Å². The van der Waals surface area contributed by atoms with Gasteiger partial charge in [-0.1, -0.05) is 18.5 Å². The Balaban J connectivity index is 1.51. The summed E-state index contributed by atoms with van der Waals surface area (Å²) < 4.78 is 24.7. The maximum atomic E-state index is 15.1. The van der Waals surface area contributed by atoms with Gasteiger partial charge in [-0.2, -0.15) is 0 Å². The molecular formula is C33H29ClN4O9. The largest absolute Gasteiger partial charge is 0.497 e. The van der Waals surface area contributed by atoms with Crippen molar-refractivity contribution in [1.29, 1.82) is 0 Å². The van der Waals surface area contributed by atoms with Crippen LogP contribution in [0.2, 0.25) is 5.02 Å². The van der Waals surface area contributed by atoms with Crippen LogP contribution in [0.1, 0.15) is 40.7 Å². The number of rotatable bonds is 4. The fourth-order valence-corrected chi connectivity index (χ4v) is 7.30. The minimum atomic E-state index is -2.11. The molecule has 47 heavy (non-hydrogen) atoms. The van der Waals surface area contributed by atoms with Crippen LogP contribution >= 0.6 is 11.6 Å². The first-order valence-electron chi connectivity index (χ1n) is 14.6. The first kappa shape index (κ1) is 30.4. The second-order valence-electron chi connectivity index (χ2n) is 11.8. The number of nitrogens with zero attached hydrogens (tertiary/aromatic N) is 2. The molecule has 2 N–H and O–H groups in total. The van der Waals surface area contributed by atoms with Gasteiger partial charge in [-0.15, -0.1) is 0 Å². The molecule has 7 rings (SSSR count). The van der Waals surface area contributed by atoms with Crippen molar-refractivity contribution in [3.8, 4) is 23.0 Å². The van der Waals surface area contributed by atoms with Crippen molar-refractivity contribution in [1.82, 2.24) is 14.1 Å². The number of halogens is 1. The number of ether oxygens (including phenoxy) is 4. The van der Waals surface area contributed by atoms with Gasteiger partial charge in [0.25, 0.3) is 11.1 Å². The number of benzene rings is 2. The van der Waals surface area contributed by atoms with Gasteiger partial charge in [0.15, 0.2) is 5.75 Å². The molecule has 3 unspecified atom stereocenters. The van der Waals surface area contributed by atoms with Gasteiger partial charge < -0.3 is 29.2 Å². The molecule has 2 aromatic carbocycles. The SMILES string of the molecule is COc1ccc2cc(C3C4=C(CC(C)C5(Oc6c(Cl)c(OC)cc(OC)c6C5=O)C4=O)Nc4c3c(=O)n(C)c(=O)n4C)c(=O)[nH]c2c1. The number of carbonyl (C=O) groups excluding carboxylic acids is 2. The van der Waals surface area contributed by atoms with Crippen molar-refractivity contribution in [2.24, 2.45) is 20.0 Å². The molecule has 13 nitrogen and oxygen atoms in total. The average molecular weight is 661 g/mol. The van der Waals surface area contributed by atoms with E-state index in [2.05, 4.69) is 10.3 Å². The summed E-state index contributed by atoms with van der Waals surface area (Å²) in [7, 11) is 7.07. The number of methoxy groups -OCH3 is 3. The van der Waals surface area contributed by atoms with Crippen LogP contribution < -0.4 is 41.1 Å². The van der Waals surface area contributed by atoms with E-state index in [0.717, 1.165) is 4.57 Å². The maximum Gasteiger partial charge on any atom is 0.332 e. The van der Waals surface area contributed by atoms with Crippen molar-refractivity contribution >= 4 is 39.9 Å². The number of hydrogen-bond acceptors (Lipinski definition) is 10. The van der Waals surface area contributed by atoms with Crippen LogP contribution in [-0.2, 0) is 18.9 Å². The molecule has 0 fully saturated rings. The number of allylic oxidation sites excluding steroid dienone is 1. The van der Waals surface area contributed by atoms with E-state index in [-0.39, 0.29) is 56.8 Å². The molecule has 0 amide bonds. The molecule has 14 heteroatoms. The number of aromatic nitrogens is 3. The van der Waals surface area contributed by atoms with E-state index in [9.17, 15) is 19.2 Å². The van der Waals surface area contributed by atoms with Crippen molar-refractivity contribution in [2.45, 2.75) is 24.9 Å². The lowest BCUT2D eigenvalue weighted by Crippen LogP contribution is -2.58. The number of Topliss-reactive ketones (excluding diaryl/α,β-unsaturated/α-hetero) is 2. The van der Waals surface area contributed by atoms with Gasteiger partial charge in [0.2, 0.25) is 17.2 Å². The van der Waals surface area contributed by atoms with Crippen molar-refractivity contribution in [3.63, 3.8) is 0 Å². The Bertz CT molecular complexity index is 2320. The van der Waals surface area contributed by atoms with Gasteiger partial charge in [-0.3, -0.25) is 28.3 Å². The molecule has 3 aliphatic rings. The minimum absolute atomic E-state index is 0.00655. The van der Waals surface area contributed by atoms with Crippen LogP contribution in [0.15, 0.2) is 56.0 Å². The smallest absolute Gasteiger partial charge is 0.332 e. The third-order valence-corrected chi connectivity index (χ3v) is 9.83. The summed E-state index contributed by atoms with van der Waals surface area (Å²) in [5, 5.41) is 3.73. The highest BCUT2D eigenvalue weighted by atomic mass is 35.5. The highest BCUT2D eigenvalue weighted by molar-refractivity contribution is 6.36. The summed E-state index contributed by atoms with van der Waals surface area (Å²) in [5.41, 5.74) is -3.15. The molecule has 242 valence electrons. The van der Waals surface area contributed by atoms with Crippen molar-refractivity contribution < 1.29 is 28.5 Å². The molecule has 4 aromatic rings. The molecule has 2 aliphatic heterocycles. The number of hydrogen-bond donors (Lipinski definition) is 2. The summed E-state index contributed by atoms with van der Waals surface area (Å²) in [6.45, 7) is 1.69. The summed E-state index contributed by atoms with van der Waals surface area (Å²) in [6, 6.07) is 8.14. The average Bonchev–Trinajstić information content (AvgIpc) is 3.38. The molecule has 0 radical (unpaired) electrons. The van der Waals surface area contributed by atoms with E-state index in [1.807, 2.05) is 0 Å². The molecule has 2 aromatic heterocycles. The molecule has 1 aliphatic carbocycles. The second-order valence-corrected chi connectivity index (χ2v) is 12.2. The quantitative estimate of drug-likeness (QED) is 0.312. The molecule has 0 bridgehead atoms. The molecule has 4 heterocycles. The third-order valence-electron chi connectivity index (χ3n) is 9.47. The first-order valence-corrected chi connectivity index (χ1v) is 15.0. The van der Waals surface area contributed by atoms with Gasteiger partial charge in [0, 0.05) is 49.0 Å². The Morgan fingerprint density at radius 1 is 0.936 bits per heavy atom. The van der Waals surface area contributed by atoms with Crippen LogP contribution in [0.4, 0.5) is 5.82 Å². The first-order chi connectivity index (χ1) is 22.4. The van der Waals surface area contributed by atoms with Crippen LogP contribution in [0, 0.1) is 5.92 Å². The van der Waals surface area contributed by atoms with Crippen molar-refractivity contribution in [2.75, 3.05) is 26.6 Å². The summed E-state index contributed by atoms with van der Waals surface area (Å²) in [4.78, 5) is 73.3. The van der Waals surface area contributed by atoms with E-state index in [1.54, 1.807) is 31.2 Å². The maximum absolute atomic E-state index is 15.1. The summed E-state index contributed by atoms with van der Waals surface area (Å²) >= 11 is 6.62. The summed E-state index contributed by atoms with van der Waals surface area (Å²) in [6.07, 6.45) is 0.0832. The number of aromatic amines is 1. The van der Waals surface area contributed by atoms with Crippen LogP contribution in [-0.4, -0.2) is 52.6 Å². The van der Waals surface area contributed by atoms with Crippen LogP contribution in [0.5, 0.6) is 23.0 Å². The number of anilines is 1. The Morgan fingerprint density at radius 2 is 1.66 bits per heavy atom. The molecule has 3 atom stereocenters. The van der Waals surface area contributed by atoms with E-state index in [0.29, 0.717) is 22.3 Å². The minimum Gasteiger partial charge on any atom is -0.497 e. The topological polar surface area (TPSA) is 160 Å². The van der Waals surface area contributed by atoms with Gasteiger partial charge in [-0.05, 0) is 30.0 Å². The monoisotopic (exact) mass is 660 g/mol. The Kier molecular flexibility index (Phi) is 6.69. The Labute approximate surface area is 271 Å². The van der Waals surface area contributed by atoms with Gasteiger partial charge in [-0.25, -0.2) is 4.79 Å². The number of carbonyl (C=O) groups is 2. The van der Waals surface area contributed by atoms with E-state index in [4.69, 9.17) is 30.5 Å². The lowest BCUT2D eigenvalue weighted by molar-refractivity contribution is -0.130. The van der Waals surface area contributed by atoms with Crippen LogP contribution in [0.25, 0.3) is 10.9 Å². The second kappa shape index (κ2) is 10.4. The number of H-pyrrole nitrogens is 1. The number of ketones is 2. The zero-order chi connectivity index (χ0) is 33.7. The fourth-order valence-electron chi connectivity index (χ4n) is 7.04. The predicted octanol–water partition coefficient (Wildman–Crippen LogP) is 3.04. The number of nitrogens with one attached hydrogen (secondary N) is 2. The van der Waals surface area contributed by atoms with E-state index in [1.165, 1.54) is 46.1 Å². The lowest BCUT2D eigenvalue weighted by Gasteiger charge is -2.42. The molecular weight excluding hydrogens is 632 g/mol. The van der Waals surface area contributed by atoms with Gasteiger partial charge in [0.1, 0.15) is 33.7 Å². The molecule has 0 saturated heterocycles. The molecule has 1 spiro atoms. The number of fused-ring (bicyclic) bond motifs is 3. The zero-order valence-corrected chi connectivity index (χ0v) is 27.0.